The highest BCUT2D eigenvalue weighted by Crippen LogP contribution is 2.43. The van der Waals surface area contributed by atoms with E-state index in [-0.39, 0.29) is 27.3 Å². The van der Waals surface area contributed by atoms with E-state index in [0.717, 1.165) is 94.1 Å². The predicted molar refractivity (Wildman–Crippen MR) is 235 cm³/mol. The van der Waals surface area contributed by atoms with Gasteiger partial charge >= 0.3 is 0 Å². The minimum atomic E-state index is -4.29. The number of piperazine rings is 1. The van der Waals surface area contributed by atoms with Crippen molar-refractivity contribution in [2.45, 2.75) is 50.8 Å². The number of anilines is 3. The number of H-pyrrole nitrogens is 1. The molecule has 2 fully saturated rings. The number of hydrogen-bond acceptors (Lipinski definition) is 10. The van der Waals surface area contributed by atoms with E-state index in [1.807, 2.05) is 30.3 Å². The van der Waals surface area contributed by atoms with Crippen molar-refractivity contribution in [1.82, 2.24) is 19.6 Å². The van der Waals surface area contributed by atoms with Gasteiger partial charge in [-0.05, 0) is 109 Å². The minimum Gasteiger partial charge on any atom is -0.455 e. The number of carbonyl (C=O) groups excluding carboxylic acids is 1. The monoisotopic (exact) mass is 837 g/mol. The average molecular weight is 838 g/mol. The summed E-state index contributed by atoms with van der Waals surface area (Å²) in [6, 6.07) is 21.7. The molecule has 2 saturated heterocycles. The van der Waals surface area contributed by atoms with Crippen LogP contribution >= 0.6 is 11.6 Å². The minimum absolute atomic E-state index is 0.0646. The number of allylic oxidation sites excluding steroid dienone is 1. The molecule has 0 radical (unpaired) electrons. The van der Waals surface area contributed by atoms with Crippen LogP contribution in [0.3, 0.4) is 0 Å². The van der Waals surface area contributed by atoms with Gasteiger partial charge in [0.15, 0.2) is 0 Å². The number of rotatable bonds is 12. The van der Waals surface area contributed by atoms with E-state index < -0.39 is 15.9 Å². The Balaban J connectivity index is 0.986. The summed E-state index contributed by atoms with van der Waals surface area (Å²) in [5.74, 6) is 0.246. The summed E-state index contributed by atoms with van der Waals surface area (Å²) in [6.07, 6.45) is 8.54. The number of aromatic nitrogens is 2. The van der Waals surface area contributed by atoms with Gasteiger partial charge in [0.25, 0.3) is 15.9 Å². The summed E-state index contributed by atoms with van der Waals surface area (Å²) in [6.45, 7) is 11.0. The molecule has 5 N–H and O–H groups in total. The fourth-order valence-electron chi connectivity index (χ4n) is 8.29. The summed E-state index contributed by atoms with van der Waals surface area (Å²) < 4.78 is 41.3. The van der Waals surface area contributed by atoms with Crippen LogP contribution in [0.4, 0.5) is 17.1 Å². The first-order valence-corrected chi connectivity index (χ1v) is 22.2. The van der Waals surface area contributed by atoms with Gasteiger partial charge in [-0.2, -0.15) is 0 Å². The number of nitrogens with one attached hydrogen (secondary N) is 3. The number of ether oxygens (including phenoxy) is 2. The van der Waals surface area contributed by atoms with E-state index in [1.54, 1.807) is 30.6 Å². The molecule has 14 heteroatoms. The Morgan fingerprint density at radius 3 is 2.56 bits per heavy atom. The van der Waals surface area contributed by atoms with Gasteiger partial charge in [0.2, 0.25) is 0 Å². The van der Waals surface area contributed by atoms with E-state index in [0.29, 0.717) is 29.5 Å². The second-order valence-corrected chi connectivity index (χ2v) is 18.8. The Hall–Kier alpha value is -5.08. The molecule has 310 valence electrons. The second-order valence-electron chi connectivity index (χ2n) is 16.7. The SMILES string of the molecule is CC1(C)CCC(CN2CCN(c3ccc(C(=O)NS(=O)(=O)c4ccc(NCC5CCOCC5)c(N)c4)c(Oc4cnc5[nH]ccc5c4)c3)CC2)=C(c2ccc(Cl)cc2)C1. The molecule has 1 aliphatic carbocycles. The number of hydrogen-bond donors (Lipinski definition) is 4. The lowest BCUT2D eigenvalue weighted by molar-refractivity contribution is 0.0699. The molecule has 59 heavy (non-hydrogen) atoms. The van der Waals surface area contributed by atoms with E-state index in [2.05, 4.69) is 55.8 Å². The summed E-state index contributed by atoms with van der Waals surface area (Å²) in [7, 11) is -4.29. The first kappa shape index (κ1) is 40.7. The predicted octanol–water partition coefficient (Wildman–Crippen LogP) is 8.33. The number of nitrogens with zero attached hydrogens (tertiary/aromatic N) is 3. The molecule has 3 aromatic carbocycles. The lowest BCUT2D eigenvalue weighted by Crippen LogP contribution is -2.47. The molecule has 0 spiro atoms. The van der Waals surface area contributed by atoms with Crippen molar-refractivity contribution in [2.75, 3.05) is 68.4 Å². The number of amides is 1. The van der Waals surface area contributed by atoms with Gasteiger partial charge in [-0.3, -0.25) is 9.69 Å². The van der Waals surface area contributed by atoms with Gasteiger partial charge in [0.1, 0.15) is 17.1 Å². The Morgan fingerprint density at radius 1 is 1.02 bits per heavy atom. The maximum atomic E-state index is 13.9. The van der Waals surface area contributed by atoms with Gasteiger partial charge < -0.3 is 30.4 Å². The fourth-order valence-corrected chi connectivity index (χ4v) is 9.42. The van der Waals surface area contributed by atoms with Crippen LogP contribution in [0, 0.1) is 11.3 Å². The number of carbonyl (C=O) groups is 1. The number of fused-ring (bicyclic) bond motifs is 1. The van der Waals surface area contributed by atoms with Crippen LogP contribution in [-0.4, -0.2) is 81.7 Å². The molecule has 0 unspecified atom stereocenters. The van der Waals surface area contributed by atoms with Crippen molar-refractivity contribution in [3.63, 3.8) is 0 Å². The normalized spacial score (nSPS) is 17.9. The standard InChI is InChI=1S/C45H52ClN7O5S/c1-45(2)15-11-33(39(26-45)31-3-5-34(46)6-4-31)29-52-17-19-53(20-18-52)35-7-9-38(42(24-35)58-36-23-32-12-16-48-43(32)50-28-36)44(54)51-59(55,56)37-8-10-41(40(47)25-37)49-27-30-13-21-57-22-14-30/h3-10,12,16,23-25,28,30,49H,11,13-15,17-22,26-27,29,47H2,1-2H3,(H,48,50)(H,51,54). The van der Waals surface area contributed by atoms with E-state index in [4.69, 9.17) is 26.8 Å². The zero-order valence-corrected chi connectivity index (χ0v) is 35.2. The zero-order valence-electron chi connectivity index (χ0n) is 33.6. The molecule has 1 amide bonds. The number of halogens is 1. The summed E-state index contributed by atoms with van der Waals surface area (Å²) in [5.41, 5.74) is 13.3. The number of pyridine rings is 1. The largest absolute Gasteiger partial charge is 0.455 e. The van der Waals surface area contributed by atoms with Crippen LogP contribution in [0.5, 0.6) is 11.5 Å². The first-order valence-electron chi connectivity index (χ1n) is 20.4. The highest BCUT2D eigenvalue weighted by atomic mass is 35.5. The number of sulfonamides is 1. The Kier molecular flexibility index (Phi) is 11.9. The molecule has 0 bridgehead atoms. The molecule has 5 aromatic rings. The Bertz CT molecular complexity index is 2450. The van der Waals surface area contributed by atoms with E-state index in [1.165, 1.54) is 28.8 Å². The number of nitrogen functional groups attached to an aromatic ring is 1. The highest BCUT2D eigenvalue weighted by molar-refractivity contribution is 7.90. The fraction of sp³-hybridized carbons (Fsp3) is 0.378. The third kappa shape index (κ3) is 9.70. The maximum Gasteiger partial charge on any atom is 0.268 e. The lowest BCUT2D eigenvalue weighted by atomic mass is 9.72. The van der Waals surface area contributed by atoms with Crippen molar-refractivity contribution in [3.8, 4) is 11.5 Å². The lowest BCUT2D eigenvalue weighted by Gasteiger charge is -2.39. The molecular weight excluding hydrogens is 786 g/mol. The van der Waals surface area contributed by atoms with Crippen molar-refractivity contribution in [2.24, 2.45) is 11.3 Å². The van der Waals surface area contributed by atoms with Gasteiger partial charge in [-0.25, -0.2) is 18.1 Å². The quantitative estimate of drug-likeness (QED) is 0.0902. The van der Waals surface area contributed by atoms with Crippen LogP contribution in [0.25, 0.3) is 16.6 Å². The van der Waals surface area contributed by atoms with Gasteiger partial charge in [0.05, 0.1) is 28.0 Å². The van der Waals surface area contributed by atoms with Crippen molar-refractivity contribution < 1.29 is 22.7 Å². The van der Waals surface area contributed by atoms with Crippen LogP contribution in [0.2, 0.25) is 5.02 Å². The molecule has 4 heterocycles. The molecule has 12 nitrogen and oxygen atoms in total. The Morgan fingerprint density at radius 2 is 1.80 bits per heavy atom. The molecule has 8 rings (SSSR count). The van der Waals surface area contributed by atoms with Crippen LogP contribution in [0.15, 0.2) is 95.7 Å². The van der Waals surface area contributed by atoms with Crippen LogP contribution < -0.4 is 25.4 Å². The van der Waals surface area contributed by atoms with Crippen molar-refractivity contribution in [3.05, 3.63) is 107 Å². The third-order valence-electron chi connectivity index (χ3n) is 11.8. The third-order valence-corrected chi connectivity index (χ3v) is 13.4. The summed E-state index contributed by atoms with van der Waals surface area (Å²) >= 11 is 6.24. The highest BCUT2D eigenvalue weighted by Gasteiger charge is 2.30. The Labute approximate surface area is 351 Å². The van der Waals surface area contributed by atoms with Gasteiger partial charge in [-0.1, -0.05) is 43.2 Å². The van der Waals surface area contributed by atoms with Crippen LogP contribution in [0.1, 0.15) is 61.9 Å². The summed E-state index contributed by atoms with van der Waals surface area (Å²) in [4.78, 5) is 26.1. The van der Waals surface area contributed by atoms with Crippen molar-refractivity contribution in [1.29, 1.82) is 0 Å². The molecule has 2 aliphatic heterocycles. The molecule has 3 aliphatic rings. The first-order chi connectivity index (χ1) is 28.4. The molecule has 0 atom stereocenters. The van der Waals surface area contributed by atoms with Gasteiger partial charge in [0, 0.05) is 80.8 Å². The average Bonchev–Trinajstić information content (AvgIpc) is 3.70. The number of benzene rings is 3. The molecule has 2 aromatic heterocycles. The number of aromatic amines is 1. The van der Waals surface area contributed by atoms with Crippen molar-refractivity contribution >= 4 is 61.2 Å². The topological polar surface area (TPSA) is 155 Å². The van der Waals surface area contributed by atoms with Crippen LogP contribution in [-0.2, 0) is 14.8 Å². The molecule has 0 saturated carbocycles. The maximum absolute atomic E-state index is 13.9. The molecular formula is C45H52ClN7O5S. The number of nitrogens with two attached hydrogens (primary N) is 1. The smallest absolute Gasteiger partial charge is 0.268 e. The van der Waals surface area contributed by atoms with E-state index in [9.17, 15) is 13.2 Å². The zero-order chi connectivity index (χ0) is 41.1. The van der Waals surface area contributed by atoms with Gasteiger partial charge in [-0.15, -0.1) is 0 Å². The summed E-state index contributed by atoms with van der Waals surface area (Å²) in [5, 5.41) is 4.91. The van der Waals surface area contributed by atoms with E-state index >= 15 is 0 Å². The second kappa shape index (κ2) is 17.3.